The number of benzene rings is 1. The maximum atomic E-state index is 10.8. The van der Waals surface area contributed by atoms with Gasteiger partial charge in [0.15, 0.2) is 0 Å². The van der Waals surface area contributed by atoms with Crippen LogP contribution in [0.15, 0.2) is 30.3 Å². The van der Waals surface area contributed by atoms with Gasteiger partial charge in [-0.25, -0.2) is 0 Å². The van der Waals surface area contributed by atoms with Crippen LogP contribution in [-0.4, -0.2) is 11.9 Å². The predicted octanol–water partition coefficient (Wildman–Crippen LogP) is 0.185. The molecule has 1 aliphatic heterocycles. The van der Waals surface area contributed by atoms with E-state index in [0.717, 1.165) is 5.56 Å². The van der Waals surface area contributed by atoms with Crippen LogP contribution in [0.25, 0.3) is 0 Å². The Hall–Kier alpha value is -1.35. The van der Waals surface area contributed by atoms with E-state index in [9.17, 15) is 4.79 Å². The molecular weight excluding hydrogens is 152 g/mol. The van der Waals surface area contributed by atoms with Gasteiger partial charge in [-0.2, -0.15) is 0 Å². The van der Waals surface area contributed by atoms with Crippen molar-refractivity contribution in [3.63, 3.8) is 0 Å². The molecule has 1 saturated heterocycles. The summed E-state index contributed by atoms with van der Waals surface area (Å²) >= 11 is 0. The van der Waals surface area contributed by atoms with E-state index in [1.165, 1.54) is 0 Å². The Morgan fingerprint density at radius 2 is 1.92 bits per heavy atom. The van der Waals surface area contributed by atoms with E-state index >= 15 is 0 Å². The summed E-state index contributed by atoms with van der Waals surface area (Å²) in [5, 5.41) is 2.74. The third kappa shape index (κ3) is 0.987. The van der Waals surface area contributed by atoms with Crippen LogP contribution in [0.3, 0.4) is 0 Å². The Morgan fingerprint density at radius 1 is 1.25 bits per heavy atom. The zero-order valence-corrected chi connectivity index (χ0v) is 6.53. The molecule has 0 aromatic heterocycles. The fourth-order valence-corrected chi connectivity index (χ4v) is 1.35. The largest absolute Gasteiger partial charge is 0.346 e. The molecule has 0 aliphatic carbocycles. The van der Waals surface area contributed by atoms with Crippen LogP contribution in [0.1, 0.15) is 11.6 Å². The second-order valence-electron chi connectivity index (χ2n) is 2.92. The van der Waals surface area contributed by atoms with Crippen molar-refractivity contribution in [2.75, 3.05) is 0 Å². The molecule has 62 valence electrons. The fourth-order valence-electron chi connectivity index (χ4n) is 1.35. The van der Waals surface area contributed by atoms with Crippen molar-refractivity contribution in [2.24, 2.45) is 5.73 Å². The Morgan fingerprint density at radius 3 is 2.42 bits per heavy atom. The number of hydrogen-bond donors (Lipinski definition) is 2. The number of rotatable bonds is 1. The number of carbonyl (C=O) groups is 1. The minimum absolute atomic E-state index is 0.0127. The van der Waals surface area contributed by atoms with Crippen LogP contribution in [0, 0.1) is 0 Å². The van der Waals surface area contributed by atoms with Crippen LogP contribution in [0.4, 0.5) is 0 Å². The van der Waals surface area contributed by atoms with E-state index in [-0.39, 0.29) is 18.0 Å². The molecule has 2 atom stereocenters. The van der Waals surface area contributed by atoms with Gasteiger partial charge in [0.1, 0.15) is 6.04 Å². The lowest BCUT2D eigenvalue weighted by Crippen LogP contribution is -2.60. The van der Waals surface area contributed by atoms with Crippen LogP contribution < -0.4 is 11.1 Å². The monoisotopic (exact) mass is 162 g/mol. The van der Waals surface area contributed by atoms with Gasteiger partial charge in [-0.1, -0.05) is 30.3 Å². The molecule has 3 N–H and O–H groups in total. The maximum Gasteiger partial charge on any atom is 0.239 e. The highest BCUT2D eigenvalue weighted by molar-refractivity contribution is 5.89. The molecule has 3 nitrogen and oxygen atoms in total. The van der Waals surface area contributed by atoms with Gasteiger partial charge >= 0.3 is 0 Å². The van der Waals surface area contributed by atoms with Crippen molar-refractivity contribution >= 4 is 5.91 Å². The third-order valence-electron chi connectivity index (χ3n) is 2.12. The molecule has 0 spiro atoms. The molecule has 0 unspecified atom stereocenters. The average molecular weight is 162 g/mol. The predicted molar refractivity (Wildman–Crippen MR) is 45.3 cm³/mol. The van der Waals surface area contributed by atoms with Gasteiger partial charge in [0.2, 0.25) is 5.91 Å². The van der Waals surface area contributed by atoms with E-state index in [0.29, 0.717) is 0 Å². The van der Waals surface area contributed by atoms with E-state index in [4.69, 9.17) is 5.73 Å². The first-order chi connectivity index (χ1) is 5.79. The molecule has 3 heteroatoms. The van der Waals surface area contributed by atoms with Crippen molar-refractivity contribution in [1.29, 1.82) is 0 Å². The summed E-state index contributed by atoms with van der Waals surface area (Å²) in [6, 6.07) is 9.38. The van der Waals surface area contributed by atoms with Crippen LogP contribution in [0.5, 0.6) is 0 Å². The molecule has 12 heavy (non-hydrogen) atoms. The van der Waals surface area contributed by atoms with Gasteiger partial charge in [0.25, 0.3) is 0 Å². The van der Waals surface area contributed by atoms with Gasteiger partial charge in [-0.3, -0.25) is 4.79 Å². The first kappa shape index (κ1) is 7.31. The first-order valence-electron chi connectivity index (χ1n) is 3.90. The number of amides is 1. The SMILES string of the molecule is N[C@@H]1C(=O)N[C@H]1c1ccccc1. The van der Waals surface area contributed by atoms with Gasteiger partial charge < -0.3 is 11.1 Å². The summed E-state index contributed by atoms with van der Waals surface area (Å²) in [5.41, 5.74) is 6.66. The van der Waals surface area contributed by atoms with Gasteiger partial charge in [0.05, 0.1) is 6.04 Å². The fraction of sp³-hybridized carbons (Fsp3) is 0.222. The van der Waals surface area contributed by atoms with Crippen LogP contribution >= 0.6 is 0 Å². The molecule has 0 bridgehead atoms. The second-order valence-corrected chi connectivity index (χ2v) is 2.92. The number of nitrogens with one attached hydrogen (secondary N) is 1. The molecule has 0 saturated carbocycles. The Balaban J connectivity index is 2.18. The second kappa shape index (κ2) is 2.60. The summed E-state index contributed by atoms with van der Waals surface area (Å²) in [6.45, 7) is 0. The Kier molecular flexibility index (Phi) is 1.59. The van der Waals surface area contributed by atoms with Crippen molar-refractivity contribution in [3.05, 3.63) is 35.9 Å². The first-order valence-corrected chi connectivity index (χ1v) is 3.90. The molecule has 2 rings (SSSR count). The number of hydrogen-bond acceptors (Lipinski definition) is 2. The maximum absolute atomic E-state index is 10.8. The van der Waals surface area contributed by atoms with Crippen molar-refractivity contribution in [2.45, 2.75) is 12.1 Å². The molecule has 1 amide bonds. The van der Waals surface area contributed by atoms with E-state index in [1.54, 1.807) is 0 Å². The molecule has 1 aromatic rings. The Labute approximate surface area is 70.6 Å². The highest BCUT2D eigenvalue weighted by atomic mass is 16.2. The molecule has 1 fully saturated rings. The van der Waals surface area contributed by atoms with Gasteiger partial charge in [-0.15, -0.1) is 0 Å². The van der Waals surface area contributed by atoms with E-state index in [1.807, 2.05) is 30.3 Å². The lowest BCUT2D eigenvalue weighted by Gasteiger charge is -2.34. The third-order valence-corrected chi connectivity index (χ3v) is 2.12. The summed E-state index contributed by atoms with van der Waals surface area (Å²) in [6.07, 6.45) is 0. The Bertz CT molecular complexity index is 297. The van der Waals surface area contributed by atoms with Gasteiger partial charge in [0, 0.05) is 0 Å². The number of β-lactam (4-membered cyclic amide) rings is 1. The zero-order chi connectivity index (χ0) is 8.55. The standard InChI is InChI=1S/C9H10N2O/c10-7-8(11-9(7)12)6-4-2-1-3-5-6/h1-5,7-8H,10H2,(H,11,12)/t7-,8-/m0/s1. The molecule has 1 aliphatic rings. The minimum Gasteiger partial charge on any atom is -0.346 e. The van der Waals surface area contributed by atoms with Gasteiger partial charge in [-0.05, 0) is 5.56 Å². The van der Waals surface area contributed by atoms with Crippen molar-refractivity contribution in [3.8, 4) is 0 Å². The van der Waals surface area contributed by atoms with Crippen molar-refractivity contribution < 1.29 is 4.79 Å². The smallest absolute Gasteiger partial charge is 0.239 e. The summed E-state index contributed by atoms with van der Waals surface area (Å²) in [5.74, 6) is -0.0659. The zero-order valence-electron chi connectivity index (χ0n) is 6.53. The average Bonchev–Trinajstić information content (AvgIpc) is 2.15. The summed E-state index contributed by atoms with van der Waals surface area (Å²) in [4.78, 5) is 10.8. The number of carbonyl (C=O) groups excluding carboxylic acids is 1. The highest BCUT2D eigenvalue weighted by Crippen LogP contribution is 2.22. The molecular formula is C9H10N2O. The lowest BCUT2D eigenvalue weighted by molar-refractivity contribution is -0.130. The molecule has 0 radical (unpaired) electrons. The summed E-state index contributed by atoms with van der Waals surface area (Å²) < 4.78 is 0. The quantitative estimate of drug-likeness (QED) is 0.579. The van der Waals surface area contributed by atoms with Crippen LogP contribution in [0.2, 0.25) is 0 Å². The topological polar surface area (TPSA) is 55.1 Å². The number of nitrogens with two attached hydrogens (primary N) is 1. The van der Waals surface area contributed by atoms with E-state index < -0.39 is 0 Å². The molecule has 1 heterocycles. The molecule has 1 aromatic carbocycles. The highest BCUT2D eigenvalue weighted by Gasteiger charge is 2.36. The van der Waals surface area contributed by atoms with Crippen molar-refractivity contribution in [1.82, 2.24) is 5.32 Å². The van der Waals surface area contributed by atoms with E-state index in [2.05, 4.69) is 5.32 Å². The summed E-state index contributed by atoms with van der Waals surface area (Å²) in [7, 11) is 0. The minimum atomic E-state index is -0.368. The lowest BCUT2D eigenvalue weighted by atomic mass is 9.93. The normalized spacial score (nSPS) is 27.6. The van der Waals surface area contributed by atoms with Crippen LogP contribution in [-0.2, 0) is 4.79 Å².